The molecular formula is C14H18INO2. The number of nitrogens with one attached hydrogen (secondary N) is 1. The molecule has 1 aliphatic rings. The van der Waals surface area contributed by atoms with E-state index < -0.39 is 0 Å². The van der Waals surface area contributed by atoms with Crippen LogP contribution in [0.4, 0.5) is 0 Å². The molecule has 1 amide bonds. The van der Waals surface area contributed by atoms with Crippen LogP contribution in [0.25, 0.3) is 0 Å². The van der Waals surface area contributed by atoms with Gasteiger partial charge < -0.3 is 10.1 Å². The van der Waals surface area contributed by atoms with Gasteiger partial charge in [-0.05, 0) is 59.9 Å². The van der Waals surface area contributed by atoms with Gasteiger partial charge in [0.2, 0.25) is 0 Å². The second-order valence-electron chi connectivity index (χ2n) is 4.73. The number of carbonyl (C=O) groups is 1. The molecular weight excluding hydrogens is 341 g/mol. The molecule has 1 heterocycles. The van der Waals surface area contributed by atoms with Crippen molar-refractivity contribution in [1.82, 2.24) is 5.32 Å². The minimum Gasteiger partial charge on any atom is -0.381 e. The zero-order valence-corrected chi connectivity index (χ0v) is 12.7. The molecule has 1 fully saturated rings. The average Bonchev–Trinajstić information content (AvgIpc) is 2.40. The number of halogens is 1. The molecule has 1 N–H and O–H groups in total. The van der Waals surface area contributed by atoms with Gasteiger partial charge in [-0.25, -0.2) is 0 Å². The number of aryl methyl sites for hydroxylation is 1. The summed E-state index contributed by atoms with van der Waals surface area (Å²) in [5.74, 6) is 0.485. The van der Waals surface area contributed by atoms with Gasteiger partial charge in [-0.15, -0.1) is 0 Å². The first kappa shape index (κ1) is 13.8. The molecule has 1 atom stereocenters. The van der Waals surface area contributed by atoms with Crippen LogP contribution in [0.5, 0.6) is 0 Å². The van der Waals surface area contributed by atoms with Gasteiger partial charge in [-0.3, -0.25) is 4.79 Å². The fourth-order valence-corrected chi connectivity index (χ4v) is 2.73. The quantitative estimate of drug-likeness (QED) is 0.843. The van der Waals surface area contributed by atoms with Crippen LogP contribution in [0.3, 0.4) is 0 Å². The lowest BCUT2D eigenvalue weighted by Gasteiger charge is -2.22. The number of hydrogen-bond donors (Lipinski definition) is 1. The Hall–Kier alpha value is -0.620. The van der Waals surface area contributed by atoms with Crippen molar-refractivity contribution in [3.05, 3.63) is 32.9 Å². The average molecular weight is 359 g/mol. The van der Waals surface area contributed by atoms with E-state index in [9.17, 15) is 4.79 Å². The van der Waals surface area contributed by atoms with Gasteiger partial charge in [0.1, 0.15) is 0 Å². The van der Waals surface area contributed by atoms with Crippen LogP contribution in [0.15, 0.2) is 18.2 Å². The van der Waals surface area contributed by atoms with Crippen LogP contribution < -0.4 is 5.32 Å². The van der Waals surface area contributed by atoms with Crippen molar-refractivity contribution in [3.63, 3.8) is 0 Å². The fourth-order valence-electron chi connectivity index (χ4n) is 2.12. The highest BCUT2D eigenvalue weighted by molar-refractivity contribution is 14.1. The molecule has 1 aromatic rings. The summed E-state index contributed by atoms with van der Waals surface area (Å²) in [7, 11) is 0. The molecule has 18 heavy (non-hydrogen) atoms. The maximum Gasteiger partial charge on any atom is 0.252 e. The van der Waals surface area contributed by atoms with E-state index in [0.717, 1.165) is 40.8 Å². The first-order valence-corrected chi connectivity index (χ1v) is 7.37. The van der Waals surface area contributed by atoms with E-state index in [1.54, 1.807) is 0 Å². The molecule has 0 spiro atoms. The van der Waals surface area contributed by atoms with Crippen LogP contribution in [-0.2, 0) is 4.74 Å². The van der Waals surface area contributed by atoms with E-state index in [2.05, 4.69) is 27.9 Å². The molecule has 3 nitrogen and oxygen atoms in total. The number of hydrogen-bond acceptors (Lipinski definition) is 2. The van der Waals surface area contributed by atoms with Crippen molar-refractivity contribution in [2.24, 2.45) is 5.92 Å². The molecule has 1 aromatic carbocycles. The van der Waals surface area contributed by atoms with E-state index in [0.29, 0.717) is 12.5 Å². The monoisotopic (exact) mass is 359 g/mol. The lowest BCUT2D eigenvalue weighted by Crippen LogP contribution is -2.33. The van der Waals surface area contributed by atoms with Crippen LogP contribution in [0.1, 0.15) is 28.8 Å². The van der Waals surface area contributed by atoms with Crippen molar-refractivity contribution in [3.8, 4) is 0 Å². The molecule has 0 saturated carbocycles. The lowest BCUT2D eigenvalue weighted by atomic mass is 10.0. The van der Waals surface area contributed by atoms with E-state index in [-0.39, 0.29) is 5.91 Å². The smallest absolute Gasteiger partial charge is 0.252 e. The maximum atomic E-state index is 12.1. The second kappa shape index (κ2) is 6.52. The number of ether oxygens (including phenoxy) is 1. The summed E-state index contributed by atoms with van der Waals surface area (Å²) in [6, 6.07) is 5.82. The minimum atomic E-state index is 0.0219. The van der Waals surface area contributed by atoms with E-state index in [4.69, 9.17) is 4.74 Å². The van der Waals surface area contributed by atoms with Crippen molar-refractivity contribution in [2.45, 2.75) is 19.8 Å². The first-order valence-electron chi connectivity index (χ1n) is 6.29. The molecule has 0 radical (unpaired) electrons. The summed E-state index contributed by atoms with van der Waals surface area (Å²) >= 11 is 2.23. The zero-order valence-electron chi connectivity index (χ0n) is 10.5. The van der Waals surface area contributed by atoms with Crippen molar-refractivity contribution in [2.75, 3.05) is 19.8 Å². The first-order chi connectivity index (χ1) is 8.68. The normalized spacial score (nSPS) is 19.6. The van der Waals surface area contributed by atoms with Crippen LogP contribution in [0, 0.1) is 16.4 Å². The highest BCUT2D eigenvalue weighted by atomic mass is 127. The molecule has 4 heteroatoms. The molecule has 2 rings (SSSR count). The number of carbonyl (C=O) groups excluding carboxylic acids is 1. The predicted octanol–water partition coefficient (Wildman–Crippen LogP) is 2.76. The molecule has 0 aliphatic carbocycles. The maximum absolute atomic E-state index is 12.1. The van der Waals surface area contributed by atoms with Gasteiger partial charge in [0.05, 0.1) is 12.2 Å². The van der Waals surface area contributed by atoms with Gasteiger partial charge in [0.25, 0.3) is 5.91 Å². The third-order valence-corrected chi connectivity index (χ3v) is 4.67. The standard InChI is InChI=1S/C14H18INO2/c1-10-4-2-6-12(13(10)15)14(17)16-8-11-5-3-7-18-9-11/h2,4,6,11H,3,5,7-9H2,1H3,(H,16,17). The fraction of sp³-hybridized carbons (Fsp3) is 0.500. The minimum absolute atomic E-state index is 0.0219. The summed E-state index contributed by atoms with van der Waals surface area (Å²) in [5, 5.41) is 3.01. The molecule has 0 bridgehead atoms. The number of rotatable bonds is 3. The van der Waals surface area contributed by atoms with E-state index in [1.165, 1.54) is 0 Å². The van der Waals surface area contributed by atoms with Gasteiger partial charge >= 0.3 is 0 Å². The Morgan fingerprint density at radius 2 is 2.39 bits per heavy atom. The molecule has 98 valence electrons. The summed E-state index contributed by atoms with van der Waals surface area (Å²) in [6.07, 6.45) is 2.24. The zero-order chi connectivity index (χ0) is 13.0. The Bertz CT molecular complexity index is 428. The van der Waals surface area contributed by atoms with Crippen molar-refractivity contribution in [1.29, 1.82) is 0 Å². The van der Waals surface area contributed by atoms with Gasteiger partial charge in [0.15, 0.2) is 0 Å². The molecule has 1 unspecified atom stereocenters. The van der Waals surface area contributed by atoms with E-state index in [1.807, 2.05) is 25.1 Å². The molecule has 0 aromatic heterocycles. The topological polar surface area (TPSA) is 38.3 Å². The van der Waals surface area contributed by atoms with Crippen molar-refractivity contribution >= 4 is 28.5 Å². The van der Waals surface area contributed by atoms with Gasteiger partial charge in [-0.2, -0.15) is 0 Å². The largest absolute Gasteiger partial charge is 0.381 e. The summed E-state index contributed by atoms with van der Waals surface area (Å²) in [4.78, 5) is 12.1. The molecule has 1 saturated heterocycles. The van der Waals surface area contributed by atoms with E-state index >= 15 is 0 Å². The van der Waals surface area contributed by atoms with Crippen LogP contribution >= 0.6 is 22.6 Å². The summed E-state index contributed by atoms with van der Waals surface area (Å²) in [6.45, 7) is 4.36. The number of amides is 1. The second-order valence-corrected chi connectivity index (χ2v) is 5.81. The summed E-state index contributed by atoms with van der Waals surface area (Å²) in [5.41, 5.74) is 1.91. The number of benzene rings is 1. The Morgan fingerprint density at radius 3 is 3.11 bits per heavy atom. The predicted molar refractivity (Wildman–Crippen MR) is 79.8 cm³/mol. The highest BCUT2D eigenvalue weighted by Crippen LogP contribution is 2.17. The van der Waals surface area contributed by atoms with Crippen molar-refractivity contribution < 1.29 is 9.53 Å². The van der Waals surface area contributed by atoms with Gasteiger partial charge in [0, 0.05) is 16.7 Å². The van der Waals surface area contributed by atoms with Crippen LogP contribution in [-0.4, -0.2) is 25.7 Å². The third kappa shape index (κ3) is 3.45. The Labute approximate surface area is 121 Å². The van der Waals surface area contributed by atoms with Gasteiger partial charge in [-0.1, -0.05) is 12.1 Å². The highest BCUT2D eigenvalue weighted by Gasteiger charge is 2.16. The Kier molecular flexibility index (Phi) is 5.00. The lowest BCUT2D eigenvalue weighted by molar-refractivity contribution is 0.0536. The third-order valence-electron chi connectivity index (χ3n) is 3.24. The SMILES string of the molecule is Cc1cccc(C(=O)NCC2CCCOC2)c1I. The Balaban J connectivity index is 1.93. The Morgan fingerprint density at radius 1 is 1.56 bits per heavy atom. The summed E-state index contributed by atoms with van der Waals surface area (Å²) < 4.78 is 6.44. The van der Waals surface area contributed by atoms with Crippen LogP contribution in [0.2, 0.25) is 0 Å². The molecule has 1 aliphatic heterocycles.